The van der Waals surface area contributed by atoms with Crippen LogP contribution in [0, 0.1) is 5.92 Å². The molecule has 104 valence electrons. The molecule has 1 saturated heterocycles. The molecule has 0 spiro atoms. The molecule has 1 unspecified atom stereocenters. The molecule has 1 fully saturated rings. The second-order valence-electron chi connectivity index (χ2n) is 5.91. The quantitative estimate of drug-likeness (QED) is 0.872. The monoisotopic (exact) mass is 260 g/mol. The molecule has 1 atom stereocenters. The molecule has 0 radical (unpaired) electrons. The molecule has 0 aliphatic carbocycles. The lowest BCUT2D eigenvalue weighted by Crippen LogP contribution is -2.28. The fourth-order valence-corrected chi connectivity index (χ4v) is 3.12. The summed E-state index contributed by atoms with van der Waals surface area (Å²) in [7, 11) is 2.24. The van der Waals surface area contributed by atoms with Crippen molar-refractivity contribution in [1.29, 1.82) is 0 Å². The fourth-order valence-electron chi connectivity index (χ4n) is 3.12. The maximum atomic E-state index is 5.55. The van der Waals surface area contributed by atoms with Crippen LogP contribution in [-0.2, 0) is 12.8 Å². The van der Waals surface area contributed by atoms with E-state index in [-0.39, 0.29) is 0 Å². The molecule has 2 heterocycles. The van der Waals surface area contributed by atoms with Gasteiger partial charge in [0.1, 0.15) is 5.75 Å². The van der Waals surface area contributed by atoms with Crippen LogP contribution in [0.2, 0.25) is 0 Å². The highest BCUT2D eigenvalue weighted by molar-refractivity contribution is 5.39. The van der Waals surface area contributed by atoms with E-state index in [1.165, 1.54) is 37.2 Å². The van der Waals surface area contributed by atoms with Crippen molar-refractivity contribution in [3.63, 3.8) is 0 Å². The van der Waals surface area contributed by atoms with Crippen LogP contribution in [0.25, 0.3) is 0 Å². The first-order chi connectivity index (χ1) is 9.31. The number of likely N-dealkylation sites (N-methyl/N-ethyl adjacent to an activating group) is 1. The Morgan fingerprint density at radius 3 is 3.21 bits per heavy atom. The summed E-state index contributed by atoms with van der Waals surface area (Å²) in [5.74, 6) is 1.94. The molecule has 0 saturated carbocycles. The van der Waals surface area contributed by atoms with Crippen LogP contribution in [0.4, 0.5) is 0 Å². The standard InChI is InChI=1S/C16H24N2O/c1-18(12-14-4-7-17-11-14)8-5-13-2-3-16-15(10-13)6-9-19-16/h2-3,10,14,17H,4-9,11-12H2,1H3. The maximum Gasteiger partial charge on any atom is 0.122 e. The topological polar surface area (TPSA) is 24.5 Å². The number of nitrogens with one attached hydrogen (secondary N) is 1. The predicted molar refractivity (Wildman–Crippen MR) is 77.8 cm³/mol. The Bertz CT molecular complexity index is 427. The van der Waals surface area contributed by atoms with E-state index in [1.807, 2.05) is 0 Å². The van der Waals surface area contributed by atoms with Gasteiger partial charge >= 0.3 is 0 Å². The van der Waals surface area contributed by atoms with Gasteiger partial charge in [-0.1, -0.05) is 12.1 Å². The van der Waals surface area contributed by atoms with E-state index in [0.717, 1.165) is 37.7 Å². The normalized spacial score (nSPS) is 21.7. The van der Waals surface area contributed by atoms with Crippen LogP contribution < -0.4 is 10.1 Å². The summed E-state index contributed by atoms with van der Waals surface area (Å²) in [5.41, 5.74) is 2.83. The second-order valence-corrected chi connectivity index (χ2v) is 5.91. The molecule has 3 nitrogen and oxygen atoms in total. The summed E-state index contributed by atoms with van der Waals surface area (Å²) < 4.78 is 5.55. The SMILES string of the molecule is CN(CCc1ccc2c(c1)CCO2)CC1CCNC1. The van der Waals surface area contributed by atoms with E-state index < -0.39 is 0 Å². The third-order valence-corrected chi connectivity index (χ3v) is 4.27. The smallest absolute Gasteiger partial charge is 0.122 e. The minimum atomic E-state index is 0.846. The van der Waals surface area contributed by atoms with Crippen LogP contribution in [0.5, 0.6) is 5.75 Å². The van der Waals surface area contributed by atoms with Gasteiger partial charge in [0.05, 0.1) is 6.61 Å². The van der Waals surface area contributed by atoms with Crippen LogP contribution in [0.1, 0.15) is 17.5 Å². The Morgan fingerprint density at radius 1 is 1.42 bits per heavy atom. The maximum absolute atomic E-state index is 5.55. The summed E-state index contributed by atoms with van der Waals surface area (Å²) in [6.07, 6.45) is 3.55. The molecule has 1 aromatic carbocycles. The Balaban J connectivity index is 1.48. The van der Waals surface area contributed by atoms with Gasteiger partial charge in [-0.15, -0.1) is 0 Å². The largest absolute Gasteiger partial charge is 0.493 e. The van der Waals surface area contributed by atoms with E-state index in [9.17, 15) is 0 Å². The number of rotatable bonds is 5. The molecule has 3 rings (SSSR count). The molecule has 2 aliphatic heterocycles. The molecule has 0 amide bonds. The van der Waals surface area contributed by atoms with Gasteiger partial charge in [0.2, 0.25) is 0 Å². The number of benzene rings is 1. The van der Waals surface area contributed by atoms with E-state index >= 15 is 0 Å². The van der Waals surface area contributed by atoms with E-state index in [0.29, 0.717) is 0 Å². The van der Waals surface area contributed by atoms with Gasteiger partial charge in [-0.05, 0) is 56.1 Å². The first kappa shape index (κ1) is 12.9. The van der Waals surface area contributed by atoms with E-state index in [2.05, 4.69) is 35.5 Å². The predicted octanol–water partition coefficient (Wildman–Crippen LogP) is 1.71. The number of ether oxygens (including phenoxy) is 1. The first-order valence-electron chi connectivity index (χ1n) is 7.45. The molecule has 2 aliphatic rings. The van der Waals surface area contributed by atoms with Crippen molar-refractivity contribution in [1.82, 2.24) is 10.2 Å². The highest BCUT2D eigenvalue weighted by Crippen LogP contribution is 2.26. The number of nitrogens with zero attached hydrogens (tertiary/aromatic N) is 1. The minimum absolute atomic E-state index is 0.846. The number of hydrogen-bond acceptors (Lipinski definition) is 3. The first-order valence-corrected chi connectivity index (χ1v) is 7.45. The zero-order valence-electron chi connectivity index (χ0n) is 11.8. The van der Waals surface area contributed by atoms with Gasteiger partial charge in [-0.3, -0.25) is 0 Å². The Labute approximate surface area is 115 Å². The minimum Gasteiger partial charge on any atom is -0.493 e. The summed E-state index contributed by atoms with van der Waals surface area (Å²) in [5, 5.41) is 3.44. The van der Waals surface area contributed by atoms with E-state index in [1.54, 1.807) is 0 Å². The molecule has 1 aromatic rings. The van der Waals surface area contributed by atoms with Crippen molar-refractivity contribution in [3.8, 4) is 5.75 Å². The Morgan fingerprint density at radius 2 is 2.37 bits per heavy atom. The van der Waals surface area contributed by atoms with Gasteiger partial charge in [-0.25, -0.2) is 0 Å². The summed E-state index contributed by atoms with van der Waals surface area (Å²) in [4.78, 5) is 2.47. The summed E-state index contributed by atoms with van der Waals surface area (Å²) in [6, 6.07) is 6.68. The van der Waals surface area contributed by atoms with Crippen LogP contribution in [0.3, 0.4) is 0 Å². The molecule has 19 heavy (non-hydrogen) atoms. The van der Waals surface area contributed by atoms with Crippen LogP contribution >= 0.6 is 0 Å². The Kier molecular flexibility index (Phi) is 4.04. The van der Waals surface area contributed by atoms with Gasteiger partial charge in [0.25, 0.3) is 0 Å². The van der Waals surface area contributed by atoms with Gasteiger partial charge in [-0.2, -0.15) is 0 Å². The van der Waals surface area contributed by atoms with Crippen LogP contribution in [0.15, 0.2) is 18.2 Å². The molecule has 3 heteroatoms. The highest BCUT2D eigenvalue weighted by Gasteiger charge is 2.16. The van der Waals surface area contributed by atoms with Crippen molar-refractivity contribution in [3.05, 3.63) is 29.3 Å². The highest BCUT2D eigenvalue weighted by atomic mass is 16.5. The fraction of sp³-hybridized carbons (Fsp3) is 0.625. The van der Waals surface area contributed by atoms with Crippen molar-refractivity contribution in [2.24, 2.45) is 5.92 Å². The van der Waals surface area contributed by atoms with Crippen molar-refractivity contribution in [2.75, 3.05) is 39.8 Å². The zero-order chi connectivity index (χ0) is 13.1. The van der Waals surface area contributed by atoms with Crippen molar-refractivity contribution >= 4 is 0 Å². The van der Waals surface area contributed by atoms with Gasteiger partial charge < -0.3 is 15.0 Å². The average molecular weight is 260 g/mol. The van der Waals surface area contributed by atoms with Crippen molar-refractivity contribution < 1.29 is 4.74 Å². The lowest BCUT2D eigenvalue weighted by molar-refractivity contribution is 0.288. The van der Waals surface area contributed by atoms with E-state index in [4.69, 9.17) is 4.74 Å². The summed E-state index contributed by atoms with van der Waals surface area (Å²) >= 11 is 0. The third kappa shape index (κ3) is 3.28. The third-order valence-electron chi connectivity index (χ3n) is 4.27. The van der Waals surface area contributed by atoms with Gasteiger partial charge in [0.15, 0.2) is 0 Å². The summed E-state index contributed by atoms with van der Waals surface area (Å²) in [6.45, 7) is 5.62. The van der Waals surface area contributed by atoms with Gasteiger partial charge in [0, 0.05) is 19.5 Å². The number of fused-ring (bicyclic) bond motifs is 1. The lowest BCUT2D eigenvalue weighted by Gasteiger charge is -2.20. The zero-order valence-corrected chi connectivity index (χ0v) is 11.8. The second kappa shape index (κ2) is 5.93. The molecule has 0 aromatic heterocycles. The number of hydrogen-bond donors (Lipinski definition) is 1. The van der Waals surface area contributed by atoms with Crippen molar-refractivity contribution in [2.45, 2.75) is 19.3 Å². The molecule has 0 bridgehead atoms. The Hall–Kier alpha value is -1.06. The lowest BCUT2D eigenvalue weighted by atomic mass is 10.1. The van der Waals surface area contributed by atoms with Crippen LogP contribution in [-0.4, -0.2) is 44.7 Å². The molecular formula is C16H24N2O. The average Bonchev–Trinajstić information content (AvgIpc) is 3.06. The molecule has 1 N–H and O–H groups in total. The molecular weight excluding hydrogens is 236 g/mol.